The minimum Gasteiger partial charge on any atom is -0.345 e. The maximum Gasteiger partial charge on any atom is 0.270 e. The van der Waals surface area contributed by atoms with Crippen molar-refractivity contribution in [3.05, 3.63) is 73.3 Å². The summed E-state index contributed by atoms with van der Waals surface area (Å²) in [6, 6.07) is 7.71. The molecule has 2 aromatic rings. The summed E-state index contributed by atoms with van der Waals surface area (Å²) in [4.78, 5) is 22.8. The van der Waals surface area contributed by atoms with E-state index >= 15 is 0 Å². The topological polar surface area (TPSA) is 72.2 Å². The van der Waals surface area contributed by atoms with Gasteiger partial charge in [0, 0.05) is 12.1 Å². The Labute approximate surface area is 145 Å². The second-order valence-corrected chi connectivity index (χ2v) is 6.32. The van der Waals surface area contributed by atoms with E-state index in [4.69, 9.17) is 11.6 Å². The summed E-state index contributed by atoms with van der Waals surface area (Å²) in [5, 5.41) is 13.9. The van der Waals surface area contributed by atoms with Gasteiger partial charge in [-0.05, 0) is 56.0 Å². The van der Waals surface area contributed by atoms with Gasteiger partial charge in [-0.15, -0.1) is 0 Å². The summed E-state index contributed by atoms with van der Waals surface area (Å²) in [6.45, 7) is 7.92. The molecule has 2 rings (SSSR count). The molecule has 0 fully saturated rings. The Morgan fingerprint density at radius 1 is 1.12 bits per heavy atom. The molecule has 0 aliphatic heterocycles. The summed E-state index contributed by atoms with van der Waals surface area (Å²) in [7, 11) is 0. The monoisotopic (exact) mass is 346 g/mol. The van der Waals surface area contributed by atoms with Gasteiger partial charge in [0.1, 0.15) is 0 Å². The Hall–Kier alpha value is -2.40. The first kappa shape index (κ1) is 17.9. The lowest BCUT2D eigenvalue weighted by atomic mass is 9.96. The molecule has 0 aromatic heterocycles. The lowest BCUT2D eigenvalue weighted by Crippen LogP contribution is -2.27. The number of nitrogens with zero attached hydrogens (tertiary/aromatic N) is 1. The van der Waals surface area contributed by atoms with E-state index in [1.54, 1.807) is 0 Å². The van der Waals surface area contributed by atoms with Crippen LogP contribution in [0.1, 0.15) is 45.6 Å². The Bertz CT molecular complexity index is 818. The first-order valence-electron chi connectivity index (χ1n) is 7.53. The molecule has 0 spiro atoms. The van der Waals surface area contributed by atoms with Crippen molar-refractivity contribution in [2.45, 2.75) is 33.7 Å². The van der Waals surface area contributed by atoms with Crippen LogP contribution in [-0.4, -0.2) is 10.8 Å². The van der Waals surface area contributed by atoms with E-state index < -0.39 is 10.8 Å². The van der Waals surface area contributed by atoms with E-state index in [0.717, 1.165) is 16.7 Å². The van der Waals surface area contributed by atoms with Crippen LogP contribution in [0.3, 0.4) is 0 Å². The van der Waals surface area contributed by atoms with Crippen molar-refractivity contribution in [3.8, 4) is 0 Å². The van der Waals surface area contributed by atoms with E-state index in [1.807, 2.05) is 33.8 Å². The van der Waals surface area contributed by atoms with Crippen LogP contribution < -0.4 is 5.32 Å². The zero-order chi connectivity index (χ0) is 18.0. The first-order valence-corrected chi connectivity index (χ1v) is 7.91. The molecular formula is C18H19ClN2O3. The Balaban J connectivity index is 2.28. The summed E-state index contributed by atoms with van der Waals surface area (Å²) in [5.74, 6) is -0.436. The van der Waals surface area contributed by atoms with Crippen LogP contribution >= 0.6 is 11.6 Å². The van der Waals surface area contributed by atoms with Gasteiger partial charge in [0.15, 0.2) is 0 Å². The highest BCUT2D eigenvalue weighted by molar-refractivity contribution is 6.33. The first-order chi connectivity index (χ1) is 11.2. The van der Waals surface area contributed by atoms with Crippen molar-refractivity contribution >= 4 is 23.2 Å². The predicted molar refractivity (Wildman–Crippen MR) is 94.6 cm³/mol. The number of rotatable bonds is 4. The second-order valence-electron chi connectivity index (χ2n) is 5.91. The van der Waals surface area contributed by atoms with Gasteiger partial charge < -0.3 is 5.32 Å². The minimum atomic E-state index is -0.552. The molecule has 2 aromatic carbocycles. The Kier molecular flexibility index (Phi) is 5.24. The highest BCUT2D eigenvalue weighted by Gasteiger charge is 2.19. The molecule has 5 nitrogen and oxygen atoms in total. The number of nitro groups is 1. The van der Waals surface area contributed by atoms with Crippen molar-refractivity contribution < 1.29 is 9.72 Å². The number of carbonyl (C=O) groups is 1. The third-order valence-electron chi connectivity index (χ3n) is 4.10. The molecule has 0 heterocycles. The van der Waals surface area contributed by atoms with Gasteiger partial charge in [-0.25, -0.2) is 0 Å². The average molecular weight is 347 g/mol. The zero-order valence-electron chi connectivity index (χ0n) is 14.0. The number of amides is 1. The molecule has 1 amide bonds. The number of hydrogen-bond donors (Lipinski definition) is 1. The molecular weight excluding hydrogens is 328 g/mol. The van der Waals surface area contributed by atoms with Crippen LogP contribution in [0.25, 0.3) is 0 Å². The summed E-state index contributed by atoms with van der Waals surface area (Å²) in [5.41, 5.74) is 4.35. The molecule has 0 saturated heterocycles. The van der Waals surface area contributed by atoms with Gasteiger partial charge in [0.05, 0.1) is 21.6 Å². The average Bonchev–Trinajstić information content (AvgIpc) is 2.50. The van der Waals surface area contributed by atoms with E-state index in [9.17, 15) is 14.9 Å². The van der Waals surface area contributed by atoms with E-state index in [1.165, 1.54) is 23.8 Å². The quantitative estimate of drug-likeness (QED) is 0.646. The fourth-order valence-electron chi connectivity index (χ4n) is 2.60. The standard InChI is InChI=1S/C18H19ClN2O3/c1-10-7-12(3)15(8-11(10)2)13(4)20-18(22)16-9-14(21(23)24)5-6-17(16)19/h5-9,13H,1-4H3,(H,20,22)/t13-/m0/s1. The van der Waals surface area contributed by atoms with Gasteiger partial charge in [-0.2, -0.15) is 0 Å². The predicted octanol–water partition coefficient (Wildman–Crippen LogP) is 4.66. The van der Waals surface area contributed by atoms with E-state index in [2.05, 4.69) is 11.4 Å². The number of aryl methyl sites for hydroxylation is 3. The molecule has 0 aliphatic rings. The fraction of sp³-hybridized carbons (Fsp3) is 0.278. The Morgan fingerprint density at radius 3 is 2.38 bits per heavy atom. The Morgan fingerprint density at radius 2 is 1.75 bits per heavy atom. The van der Waals surface area contributed by atoms with Crippen LogP contribution in [0.15, 0.2) is 30.3 Å². The van der Waals surface area contributed by atoms with Crippen molar-refractivity contribution in [1.82, 2.24) is 5.32 Å². The molecule has 0 unspecified atom stereocenters. The normalized spacial score (nSPS) is 11.9. The van der Waals surface area contributed by atoms with Crippen molar-refractivity contribution in [2.75, 3.05) is 0 Å². The molecule has 0 aliphatic carbocycles. The summed E-state index contributed by atoms with van der Waals surface area (Å²) < 4.78 is 0. The van der Waals surface area contributed by atoms with Gasteiger partial charge in [-0.3, -0.25) is 14.9 Å². The number of benzene rings is 2. The number of nitrogens with one attached hydrogen (secondary N) is 1. The summed E-state index contributed by atoms with van der Waals surface area (Å²) >= 11 is 6.02. The van der Waals surface area contributed by atoms with Gasteiger partial charge >= 0.3 is 0 Å². The van der Waals surface area contributed by atoms with Gasteiger partial charge in [-0.1, -0.05) is 23.7 Å². The highest BCUT2D eigenvalue weighted by Crippen LogP contribution is 2.25. The van der Waals surface area contributed by atoms with Gasteiger partial charge in [0.2, 0.25) is 0 Å². The highest BCUT2D eigenvalue weighted by atomic mass is 35.5. The number of hydrogen-bond acceptors (Lipinski definition) is 3. The van der Waals surface area contributed by atoms with Gasteiger partial charge in [0.25, 0.3) is 11.6 Å². The SMILES string of the molecule is Cc1cc(C)c([C@H](C)NC(=O)c2cc([N+](=O)[O-])ccc2Cl)cc1C. The van der Waals surface area contributed by atoms with Crippen LogP contribution in [0, 0.1) is 30.9 Å². The number of non-ortho nitro benzene ring substituents is 1. The van der Waals surface area contributed by atoms with E-state index in [0.29, 0.717) is 0 Å². The number of halogens is 1. The molecule has 1 N–H and O–H groups in total. The van der Waals surface area contributed by atoms with Crippen molar-refractivity contribution in [2.24, 2.45) is 0 Å². The van der Waals surface area contributed by atoms with Crippen LogP contribution in [-0.2, 0) is 0 Å². The smallest absolute Gasteiger partial charge is 0.270 e. The maximum absolute atomic E-state index is 12.5. The third kappa shape index (κ3) is 3.74. The fourth-order valence-corrected chi connectivity index (χ4v) is 2.81. The largest absolute Gasteiger partial charge is 0.345 e. The van der Waals surface area contributed by atoms with Crippen LogP contribution in [0.5, 0.6) is 0 Å². The molecule has 1 atom stereocenters. The lowest BCUT2D eigenvalue weighted by Gasteiger charge is -2.18. The summed E-state index contributed by atoms with van der Waals surface area (Å²) in [6.07, 6.45) is 0. The molecule has 0 radical (unpaired) electrons. The lowest BCUT2D eigenvalue weighted by molar-refractivity contribution is -0.384. The van der Waals surface area contributed by atoms with Crippen LogP contribution in [0.4, 0.5) is 5.69 Å². The van der Waals surface area contributed by atoms with Crippen molar-refractivity contribution in [3.63, 3.8) is 0 Å². The molecule has 0 bridgehead atoms. The molecule has 6 heteroatoms. The zero-order valence-corrected chi connectivity index (χ0v) is 14.8. The minimum absolute atomic E-state index is 0.0965. The molecule has 24 heavy (non-hydrogen) atoms. The van der Waals surface area contributed by atoms with Crippen molar-refractivity contribution in [1.29, 1.82) is 0 Å². The number of nitro benzene ring substituents is 1. The third-order valence-corrected chi connectivity index (χ3v) is 4.43. The molecule has 0 saturated carbocycles. The van der Waals surface area contributed by atoms with Crippen LogP contribution in [0.2, 0.25) is 5.02 Å². The van der Waals surface area contributed by atoms with E-state index in [-0.39, 0.29) is 22.3 Å². The number of carbonyl (C=O) groups excluding carboxylic acids is 1. The second kappa shape index (κ2) is 7.01. The molecule has 126 valence electrons. The maximum atomic E-state index is 12.5.